The molecule has 1 aromatic carbocycles. The summed E-state index contributed by atoms with van der Waals surface area (Å²) in [7, 11) is 9.95. The Morgan fingerprint density at radius 3 is 2.48 bits per heavy atom. The maximum absolute atomic E-state index is 14.8. The van der Waals surface area contributed by atoms with Gasteiger partial charge in [-0.15, -0.1) is 0 Å². The molecular formula is C29H43FN4O4P2. The number of pyridine rings is 1. The van der Waals surface area contributed by atoms with E-state index in [2.05, 4.69) is 35.7 Å². The van der Waals surface area contributed by atoms with E-state index in [4.69, 9.17) is 9.47 Å². The lowest BCUT2D eigenvalue weighted by atomic mass is 9.97. The lowest BCUT2D eigenvalue weighted by Gasteiger charge is -2.38. The normalized spacial score (nSPS) is 18.4. The van der Waals surface area contributed by atoms with Gasteiger partial charge in [-0.3, -0.25) is 9.59 Å². The van der Waals surface area contributed by atoms with E-state index in [1.165, 1.54) is 7.11 Å². The van der Waals surface area contributed by atoms with Crippen LogP contribution in [0.4, 0.5) is 10.1 Å². The number of methoxy groups -OCH3 is 1. The van der Waals surface area contributed by atoms with Gasteiger partial charge in [-0.25, -0.2) is 4.39 Å². The van der Waals surface area contributed by atoms with Crippen molar-refractivity contribution in [3.63, 3.8) is 0 Å². The van der Waals surface area contributed by atoms with Crippen molar-refractivity contribution < 1.29 is 18.7 Å². The van der Waals surface area contributed by atoms with Crippen LogP contribution in [0.2, 0.25) is 0 Å². The van der Waals surface area contributed by atoms with Crippen molar-refractivity contribution in [3.05, 3.63) is 57.0 Å². The van der Waals surface area contributed by atoms with Crippen molar-refractivity contribution in [1.29, 1.82) is 0 Å². The van der Waals surface area contributed by atoms with Gasteiger partial charge in [0.1, 0.15) is 0 Å². The van der Waals surface area contributed by atoms with Gasteiger partial charge in [-0.1, -0.05) is 36.7 Å². The number of aromatic nitrogens is 1. The highest BCUT2D eigenvalue weighted by Crippen LogP contribution is 2.43. The van der Waals surface area contributed by atoms with E-state index in [0.29, 0.717) is 42.9 Å². The van der Waals surface area contributed by atoms with E-state index < -0.39 is 11.2 Å². The third kappa shape index (κ3) is 6.54. The molecule has 0 saturated carbocycles. The summed E-state index contributed by atoms with van der Waals surface area (Å²) >= 11 is 0. The fourth-order valence-corrected chi connectivity index (χ4v) is 6.61. The smallest absolute Gasteiger partial charge is 0.295 e. The number of ether oxygens (including phenoxy) is 2. The summed E-state index contributed by atoms with van der Waals surface area (Å²) in [5.41, 5.74) is 2.79. The van der Waals surface area contributed by atoms with E-state index in [0.717, 1.165) is 37.1 Å². The zero-order valence-corrected chi connectivity index (χ0v) is 26.5. The van der Waals surface area contributed by atoms with E-state index in [9.17, 15) is 14.0 Å². The van der Waals surface area contributed by atoms with E-state index in [1.807, 2.05) is 31.9 Å². The summed E-state index contributed by atoms with van der Waals surface area (Å²) in [5.74, 6) is -0.130. The van der Waals surface area contributed by atoms with Crippen molar-refractivity contribution in [3.8, 4) is 5.75 Å². The fourth-order valence-electron chi connectivity index (χ4n) is 5.99. The SMILES string of the molecule is COc1c(N(C)C2CCN(C)CC2)c(C(=O)N[C@H](C)c2cccc(C(F)(P)P)c2C)cn(C2CCOCC2)c1=O. The molecule has 220 valence electrons. The molecule has 1 amide bonds. The zero-order chi connectivity index (χ0) is 29.2. The topological polar surface area (TPSA) is 76.0 Å². The minimum absolute atomic E-state index is 0.0810. The highest BCUT2D eigenvalue weighted by atomic mass is 31.1. The van der Waals surface area contributed by atoms with Crippen LogP contribution < -0.4 is 20.5 Å². The van der Waals surface area contributed by atoms with E-state index in [1.54, 1.807) is 22.9 Å². The molecule has 3 heterocycles. The summed E-state index contributed by atoms with van der Waals surface area (Å²) < 4.78 is 27.7. The number of likely N-dealkylation sites (tertiary alicyclic amines) is 1. The van der Waals surface area contributed by atoms with Gasteiger partial charge in [0.15, 0.2) is 5.15 Å². The Labute approximate surface area is 241 Å². The second-order valence-corrected chi connectivity index (χ2v) is 13.5. The lowest BCUT2D eigenvalue weighted by molar-refractivity contribution is 0.0683. The Hall–Kier alpha value is -2.05. The fraction of sp³-hybridized carbons (Fsp3) is 0.586. The number of benzene rings is 1. The molecule has 0 aliphatic carbocycles. The number of hydrogen-bond donors (Lipinski definition) is 1. The molecule has 8 nitrogen and oxygen atoms in total. The molecule has 2 saturated heterocycles. The average molecular weight is 593 g/mol. The van der Waals surface area contributed by atoms with Crippen molar-refractivity contribution in [2.75, 3.05) is 52.4 Å². The highest BCUT2D eigenvalue weighted by Gasteiger charge is 2.32. The van der Waals surface area contributed by atoms with Crippen molar-refractivity contribution in [2.45, 2.75) is 62.8 Å². The molecule has 1 aromatic heterocycles. The maximum Gasteiger partial charge on any atom is 0.295 e. The summed E-state index contributed by atoms with van der Waals surface area (Å²) in [6, 6.07) is 5.13. The van der Waals surface area contributed by atoms with Crippen LogP contribution in [0.3, 0.4) is 0 Å². The number of alkyl halides is 1. The van der Waals surface area contributed by atoms with Crippen molar-refractivity contribution in [1.82, 2.24) is 14.8 Å². The molecule has 3 atom stereocenters. The third-order valence-corrected chi connectivity index (χ3v) is 9.01. The number of halogens is 1. The summed E-state index contributed by atoms with van der Waals surface area (Å²) in [6.45, 7) is 6.75. The van der Waals surface area contributed by atoms with Crippen LogP contribution >= 0.6 is 18.5 Å². The van der Waals surface area contributed by atoms with Crippen LogP contribution in [0, 0.1) is 6.92 Å². The first kappa shape index (κ1) is 30.9. The monoisotopic (exact) mass is 592 g/mol. The first-order chi connectivity index (χ1) is 18.9. The van der Waals surface area contributed by atoms with Crippen LogP contribution in [0.15, 0.2) is 29.2 Å². The summed E-state index contributed by atoms with van der Waals surface area (Å²) in [6.07, 6.45) is 4.90. The van der Waals surface area contributed by atoms with Gasteiger partial charge in [0, 0.05) is 38.5 Å². The number of nitrogens with zero attached hydrogens (tertiary/aromatic N) is 3. The van der Waals surface area contributed by atoms with Gasteiger partial charge in [0.2, 0.25) is 5.75 Å². The number of hydrogen-bond acceptors (Lipinski definition) is 6. The Morgan fingerprint density at radius 1 is 1.23 bits per heavy atom. The first-order valence-electron chi connectivity index (χ1n) is 13.9. The van der Waals surface area contributed by atoms with Gasteiger partial charge in [0.05, 0.1) is 24.4 Å². The number of carbonyl (C=O) groups excluding carboxylic acids is 1. The molecule has 2 aliphatic heterocycles. The Kier molecular flexibility index (Phi) is 9.93. The number of amides is 1. The summed E-state index contributed by atoms with van der Waals surface area (Å²) in [4.78, 5) is 32.1. The molecule has 0 spiro atoms. The molecule has 0 radical (unpaired) electrons. The molecule has 40 heavy (non-hydrogen) atoms. The second kappa shape index (κ2) is 12.9. The number of nitrogens with one attached hydrogen (secondary N) is 1. The predicted octanol–water partition coefficient (Wildman–Crippen LogP) is 4.37. The number of rotatable bonds is 8. The molecule has 2 fully saturated rings. The molecule has 2 unspecified atom stereocenters. The zero-order valence-electron chi connectivity index (χ0n) is 24.2. The van der Waals surface area contributed by atoms with Gasteiger partial charge < -0.3 is 29.2 Å². The maximum atomic E-state index is 14.8. The van der Waals surface area contributed by atoms with Crippen LogP contribution in [0.25, 0.3) is 0 Å². The minimum atomic E-state index is -1.67. The number of carbonyl (C=O) groups is 1. The molecule has 2 aromatic rings. The Bertz CT molecular complexity index is 1270. The Balaban J connectivity index is 1.76. The largest absolute Gasteiger partial charge is 0.490 e. The minimum Gasteiger partial charge on any atom is -0.490 e. The second-order valence-electron chi connectivity index (χ2n) is 11.1. The average Bonchev–Trinajstić information content (AvgIpc) is 2.92. The van der Waals surface area contributed by atoms with Gasteiger partial charge in [-0.05, 0) is 76.4 Å². The lowest BCUT2D eigenvalue weighted by Crippen LogP contribution is -2.44. The first-order valence-corrected chi connectivity index (χ1v) is 15.1. The molecule has 0 bridgehead atoms. The van der Waals surface area contributed by atoms with Crippen LogP contribution in [0.1, 0.15) is 71.7 Å². The summed E-state index contributed by atoms with van der Waals surface area (Å²) in [5, 5.41) is 1.47. The van der Waals surface area contributed by atoms with E-state index in [-0.39, 0.29) is 29.3 Å². The molecular weight excluding hydrogens is 549 g/mol. The Morgan fingerprint density at radius 2 is 1.88 bits per heavy atom. The van der Waals surface area contributed by atoms with Gasteiger partial charge in [-0.2, -0.15) is 0 Å². The van der Waals surface area contributed by atoms with Gasteiger partial charge in [0.25, 0.3) is 11.5 Å². The standard InChI is InChI=1S/C29H43FN4O4P2/c1-18-22(7-6-8-24(18)29(30,39)40)19(2)31-27(35)23-17-34(21-11-15-38-16-12-21)28(36)26(37-5)25(23)33(4)20-9-13-32(3)14-10-20/h6-8,17,19-21H,9-16,39-40H2,1-5H3,(H,31,35)/t19-/m1/s1. The number of anilines is 1. The quantitative estimate of drug-likeness (QED) is 0.459. The molecule has 4 rings (SSSR count). The molecule has 11 heteroatoms. The number of piperidine rings is 1. The van der Waals surface area contributed by atoms with Crippen LogP contribution in [0.5, 0.6) is 5.75 Å². The van der Waals surface area contributed by atoms with Crippen LogP contribution in [-0.2, 0) is 9.89 Å². The molecule has 1 N–H and O–H groups in total. The highest BCUT2D eigenvalue weighted by molar-refractivity contribution is 7.38. The van der Waals surface area contributed by atoms with Crippen molar-refractivity contribution >= 4 is 30.1 Å². The molecule has 2 aliphatic rings. The predicted molar refractivity (Wildman–Crippen MR) is 165 cm³/mol. The van der Waals surface area contributed by atoms with Crippen LogP contribution in [-0.4, -0.2) is 68.9 Å². The van der Waals surface area contributed by atoms with Gasteiger partial charge >= 0.3 is 0 Å². The van der Waals surface area contributed by atoms with Crippen molar-refractivity contribution in [2.24, 2.45) is 0 Å². The third-order valence-electron chi connectivity index (χ3n) is 8.39. The van der Waals surface area contributed by atoms with E-state index >= 15 is 0 Å².